The van der Waals surface area contributed by atoms with Crippen molar-refractivity contribution in [2.24, 2.45) is 0 Å². The second kappa shape index (κ2) is 9.28. The number of rotatable bonds is 4. The quantitative estimate of drug-likeness (QED) is 0.248. The number of halogens is 3. The Kier molecular flexibility index (Phi) is 6.19. The SMILES string of the molecule is Nc1c(C(=O)Nc2ccc(Cl)cc2Cl)sc2nc(-c3ccccc3)cc(-c3ccccc3Cl)c12. The number of nitrogens with two attached hydrogens (primary N) is 1. The summed E-state index contributed by atoms with van der Waals surface area (Å²) in [6.45, 7) is 0. The van der Waals surface area contributed by atoms with Crippen LogP contribution in [0.3, 0.4) is 0 Å². The van der Waals surface area contributed by atoms with Crippen molar-refractivity contribution in [3.63, 3.8) is 0 Å². The smallest absolute Gasteiger partial charge is 0.267 e. The largest absolute Gasteiger partial charge is 0.397 e. The molecule has 0 aliphatic heterocycles. The molecule has 5 aromatic rings. The molecule has 2 heterocycles. The van der Waals surface area contributed by atoms with Crippen molar-refractivity contribution in [1.29, 1.82) is 0 Å². The maximum Gasteiger partial charge on any atom is 0.267 e. The van der Waals surface area contributed by atoms with Crippen LogP contribution in [0.1, 0.15) is 9.67 Å². The third-order valence-corrected chi connectivity index (χ3v) is 7.29. The maximum atomic E-state index is 13.2. The number of hydrogen-bond donors (Lipinski definition) is 2. The van der Waals surface area contributed by atoms with E-state index in [0.717, 1.165) is 22.4 Å². The molecule has 4 nitrogen and oxygen atoms in total. The molecule has 8 heteroatoms. The Hall–Kier alpha value is -3.09. The van der Waals surface area contributed by atoms with Crippen molar-refractivity contribution >= 4 is 73.6 Å². The molecular formula is C26H16Cl3N3OS. The second-order valence-electron chi connectivity index (χ2n) is 7.50. The van der Waals surface area contributed by atoms with Gasteiger partial charge in [0.05, 0.1) is 22.1 Å². The van der Waals surface area contributed by atoms with Crippen LogP contribution >= 0.6 is 46.1 Å². The van der Waals surface area contributed by atoms with Gasteiger partial charge in [-0.3, -0.25) is 4.79 Å². The van der Waals surface area contributed by atoms with E-state index in [9.17, 15) is 4.79 Å². The van der Waals surface area contributed by atoms with Gasteiger partial charge in [0.15, 0.2) is 0 Å². The lowest BCUT2D eigenvalue weighted by Crippen LogP contribution is -2.12. The van der Waals surface area contributed by atoms with Crippen LogP contribution in [0.15, 0.2) is 78.9 Å². The summed E-state index contributed by atoms with van der Waals surface area (Å²) >= 11 is 20.0. The Morgan fingerprint density at radius 2 is 1.59 bits per heavy atom. The molecule has 0 saturated heterocycles. The highest BCUT2D eigenvalue weighted by Crippen LogP contribution is 2.43. The molecule has 0 atom stereocenters. The summed E-state index contributed by atoms with van der Waals surface area (Å²) in [5.74, 6) is -0.379. The molecule has 0 radical (unpaired) electrons. The predicted octanol–water partition coefficient (Wildman–Crippen LogP) is 8.43. The van der Waals surface area contributed by atoms with Crippen molar-refractivity contribution in [2.75, 3.05) is 11.1 Å². The average molecular weight is 525 g/mol. The van der Waals surface area contributed by atoms with E-state index < -0.39 is 0 Å². The lowest BCUT2D eigenvalue weighted by atomic mass is 9.99. The minimum absolute atomic E-state index is 0.335. The number of nitrogen functional groups attached to an aromatic ring is 1. The van der Waals surface area contributed by atoms with E-state index >= 15 is 0 Å². The molecule has 2 aromatic heterocycles. The van der Waals surface area contributed by atoms with Crippen molar-refractivity contribution in [1.82, 2.24) is 4.98 Å². The summed E-state index contributed by atoms with van der Waals surface area (Å²) in [6, 6.07) is 24.2. The molecule has 1 amide bonds. The van der Waals surface area contributed by atoms with Crippen LogP contribution in [0.5, 0.6) is 0 Å². The number of carbonyl (C=O) groups is 1. The molecule has 3 N–H and O–H groups in total. The summed E-state index contributed by atoms with van der Waals surface area (Å²) in [7, 11) is 0. The number of fused-ring (bicyclic) bond motifs is 1. The average Bonchev–Trinajstić information content (AvgIpc) is 3.18. The molecule has 3 aromatic carbocycles. The summed E-state index contributed by atoms with van der Waals surface area (Å²) in [6.07, 6.45) is 0. The van der Waals surface area contributed by atoms with Gasteiger partial charge in [-0.15, -0.1) is 11.3 Å². The van der Waals surface area contributed by atoms with Gasteiger partial charge in [-0.1, -0.05) is 83.3 Å². The zero-order chi connectivity index (χ0) is 23.8. The summed E-state index contributed by atoms with van der Waals surface area (Å²) in [5, 5.41) is 4.90. The van der Waals surface area contributed by atoms with E-state index in [2.05, 4.69) is 5.32 Å². The Labute approximate surface area is 214 Å². The molecule has 0 bridgehead atoms. The number of pyridine rings is 1. The molecule has 0 aliphatic carbocycles. The first-order valence-electron chi connectivity index (χ1n) is 10.2. The maximum absolute atomic E-state index is 13.2. The van der Waals surface area contributed by atoms with Crippen molar-refractivity contribution in [2.45, 2.75) is 0 Å². The van der Waals surface area contributed by atoms with Gasteiger partial charge in [0.1, 0.15) is 9.71 Å². The number of hydrogen-bond acceptors (Lipinski definition) is 4. The number of benzene rings is 3. The van der Waals surface area contributed by atoms with E-state index in [1.54, 1.807) is 18.2 Å². The molecule has 0 saturated carbocycles. The number of amides is 1. The van der Waals surface area contributed by atoms with E-state index in [4.69, 9.17) is 45.5 Å². The van der Waals surface area contributed by atoms with Crippen LogP contribution in [0.25, 0.3) is 32.6 Å². The van der Waals surface area contributed by atoms with Crippen LogP contribution in [0, 0.1) is 0 Å². The van der Waals surface area contributed by atoms with E-state index in [1.165, 1.54) is 11.3 Å². The zero-order valence-corrected chi connectivity index (χ0v) is 20.6. The van der Waals surface area contributed by atoms with Gasteiger partial charge >= 0.3 is 0 Å². The standard InChI is InChI=1S/C26H16Cl3N3OS/c27-15-10-11-20(19(29)12-15)31-25(33)24-23(30)22-17(16-8-4-5-9-18(16)28)13-21(32-26(22)34-24)14-6-2-1-3-7-14/h1-13H,30H2,(H,31,33). The Morgan fingerprint density at radius 1 is 0.853 bits per heavy atom. The van der Waals surface area contributed by atoms with Gasteiger partial charge in [0.25, 0.3) is 5.91 Å². The first kappa shape index (κ1) is 22.7. The summed E-state index contributed by atoms with van der Waals surface area (Å²) < 4.78 is 0. The molecule has 5 rings (SSSR count). The normalized spacial score (nSPS) is 11.0. The van der Waals surface area contributed by atoms with Gasteiger partial charge in [-0.05, 0) is 35.9 Å². The number of aromatic nitrogens is 1. The van der Waals surface area contributed by atoms with E-state index in [1.807, 2.05) is 60.7 Å². The van der Waals surface area contributed by atoms with E-state index in [0.29, 0.717) is 41.5 Å². The fourth-order valence-corrected chi connectivity index (χ4v) is 5.42. The molecular weight excluding hydrogens is 509 g/mol. The van der Waals surface area contributed by atoms with Gasteiger partial charge < -0.3 is 11.1 Å². The highest BCUT2D eigenvalue weighted by molar-refractivity contribution is 7.21. The van der Waals surface area contributed by atoms with Crippen LogP contribution in [0.4, 0.5) is 11.4 Å². The van der Waals surface area contributed by atoms with Crippen molar-refractivity contribution < 1.29 is 4.79 Å². The fraction of sp³-hybridized carbons (Fsp3) is 0. The van der Waals surface area contributed by atoms with Crippen LogP contribution < -0.4 is 11.1 Å². The number of thiophene rings is 1. The topological polar surface area (TPSA) is 68.0 Å². The lowest BCUT2D eigenvalue weighted by molar-refractivity contribution is 0.103. The van der Waals surface area contributed by atoms with Crippen molar-refractivity contribution in [3.05, 3.63) is 98.8 Å². The monoisotopic (exact) mass is 523 g/mol. The van der Waals surface area contributed by atoms with Gasteiger partial charge in [0, 0.05) is 26.6 Å². The molecule has 0 fully saturated rings. The highest BCUT2D eigenvalue weighted by Gasteiger charge is 2.23. The minimum atomic E-state index is -0.379. The van der Waals surface area contributed by atoms with Crippen molar-refractivity contribution in [3.8, 4) is 22.4 Å². The first-order chi connectivity index (χ1) is 16.4. The van der Waals surface area contributed by atoms with Crippen LogP contribution in [-0.2, 0) is 0 Å². The number of nitrogens with zero attached hydrogens (tertiary/aromatic N) is 1. The number of anilines is 2. The lowest BCUT2D eigenvalue weighted by Gasteiger charge is -2.10. The molecule has 0 spiro atoms. The van der Waals surface area contributed by atoms with Gasteiger partial charge in [0.2, 0.25) is 0 Å². The third kappa shape index (κ3) is 4.24. The Balaban J connectivity index is 1.68. The highest BCUT2D eigenvalue weighted by atomic mass is 35.5. The Morgan fingerprint density at radius 3 is 2.32 bits per heavy atom. The number of carbonyl (C=O) groups excluding carboxylic acids is 1. The third-order valence-electron chi connectivity index (χ3n) is 5.32. The van der Waals surface area contributed by atoms with Crippen LogP contribution in [-0.4, -0.2) is 10.9 Å². The molecule has 34 heavy (non-hydrogen) atoms. The molecule has 0 unspecified atom stereocenters. The van der Waals surface area contributed by atoms with Gasteiger partial charge in [-0.2, -0.15) is 0 Å². The fourth-order valence-electron chi connectivity index (χ4n) is 3.71. The first-order valence-corrected chi connectivity index (χ1v) is 12.2. The minimum Gasteiger partial charge on any atom is -0.397 e. The zero-order valence-electron chi connectivity index (χ0n) is 17.5. The second-order valence-corrected chi connectivity index (χ2v) is 9.75. The van der Waals surface area contributed by atoms with Crippen LogP contribution in [0.2, 0.25) is 15.1 Å². The number of nitrogens with one attached hydrogen (secondary N) is 1. The predicted molar refractivity (Wildman–Crippen MR) is 144 cm³/mol. The summed E-state index contributed by atoms with van der Waals surface area (Å²) in [5.41, 5.74) is 10.7. The van der Waals surface area contributed by atoms with E-state index in [-0.39, 0.29) is 5.91 Å². The Bertz CT molecular complexity index is 1550. The van der Waals surface area contributed by atoms with Gasteiger partial charge in [-0.25, -0.2) is 4.98 Å². The summed E-state index contributed by atoms with van der Waals surface area (Å²) in [4.78, 5) is 19.0. The molecule has 168 valence electrons. The molecule has 0 aliphatic rings.